The minimum atomic E-state index is -0.342. The van der Waals surface area contributed by atoms with Crippen LogP contribution in [-0.2, 0) is 4.79 Å². The summed E-state index contributed by atoms with van der Waals surface area (Å²) in [5.74, 6) is -0.0662. The number of carbonyl (C=O) groups is 1. The van der Waals surface area contributed by atoms with E-state index >= 15 is 0 Å². The lowest BCUT2D eigenvalue weighted by atomic mass is 10.3. The summed E-state index contributed by atoms with van der Waals surface area (Å²) >= 11 is 1.63. The highest BCUT2D eigenvalue weighted by Crippen LogP contribution is 2.16. The van der Waals surface area contributed by atoms with Crippen LogP contribution in [0.5, 0.6) is 5.75 Å². The third-order valence-corrected chi connectivity index (χ3v) is 3.59. The number of hydrogen-bond donors (Lipinski definition) is 1. The van der Waals surface area contributed by atoms with Gasteiger partial charge in [-0.15, -0.1) is 11.3 Å². The Morgan fingerprint density at radius 2 is 2.24 bits per heavy atom. The molecule has 0 aliphatic carbocycles. The molecule has 0 spiro atoms. The maximum atomic E-state index is 12.9. The standard InChI is InChI=1S/C16H16FNO2S/c1-12-5-6-15(21-12)7-8-16(19)18-9-10-20-14-4-2-3-13(17)11-14/h2-8,11H,9-10H2,1H3,(H,18,19)/b8-7+. The molecule has 0 fully saturated rings. The minimum absolute atomic E-state index is 0.177. The quantitative estimate of drug-likeness (QED) is 0.656. The molecule has 0 saturated heterocycles. The Morgan fingerprint density at radius 1 is 1.38 bits per heavy atom. The SMILES string of the molecule is Cc1ccc(/C=C/C(=O)NCCOc2cccc(F)c2)s1. The van der Waals surface area contributed by atoms with Crippen molar-refractivity contribution in [2.24, 2.45) is 0 Å². The zero-order valence-electron chi connectivity index (χ0n) is 11.6. The molecule has 5 heteroatoms. The number of hydrogen-bond acceptors (Lipinski definition) is 3. The number of aryl methyl sites for hydroxylation is 1. The molecule has 0 saturated carbocycles. The summed E-state index contributed by atoms with van der Waals surface area (Å²) in [6.45, 7) is 2.68. The first kappa shape index (κ1) is 15.3. The molecule has 2 rings (SSSR count). The van der Waals surface area contributed by atoms with E-state index in [0.717, 1.165) is 4.88 Å². The number of benzene rings is 1. The number of carbonyl (C=O) groups excluding carboxylic acids is 1. The van der Waals surface area contributed by atoms with Crippen LogP contribution in [0, 0.1) is 12.7 Å². The van der Waals surface area contributed by atoms with Crippen molar-refractivity contribution in [2.45, 2.75) is 6.92 Å². The van der Waals surface area contributed by atoms with Crippen molar-refractivity contribution in [1.29, 1.82) is 0 Å². The highest BCUT2D eigenvalue weighted by molar-refractivity contribution is 7.12. The number of thiophene rings is 1. The van der Waals surface area contributed by atoms with Crippen molar-refractivity contribution < 1.29 is 13.9 Å². The first-order valence-electron chi connectivity index (χ1n) is 6.54. The average molecular weight is 305 g/mol. The Bertz CT molecular complexity index is 637. The van der Waals surface area contributed by atoms with Crippen LogP contribution >= 0.6 is 11.3 Å². The van der Waals surface area contributed by atoms with Gasteiger partial charge in [-0.1, -0.05) is 6.07 Å². The molecule has 0 bridgehead atoms. The van der Waals surface area contributed by atoms with Crippen molar-refractivity contribution in [3.05, 3.63) is 58.0 Å². The lowest BCUT2D eigenvalue weighted by molar-refractivity contribution is -0.116. The van der Waals surface area contributed by atoms with E-state index in [2.05, 4.69) is 5.32 Å². The number of halogens is 1. The molecule has 0 aliphatic heterocycles. The fraction of sp³-hybridized carbons (Fsp3) is 0.188. The van der Waals surface area contributed by atoms with E-state index in [1.54, 1.807) is 29.5 Å². The van der Waals surface area contributed by atoms with Crippen LogP contribution in [0.1, 0.15) is 9.75 Å². The number of amides is 1. The fourth-order valence-electron chi connectivity index (χ4n) is 1.66. The summed E-state index contributed by atoms with van der Waals surface area (Å²) in [6.07, 6.45) is 3.27. The average Bonchev–Trinajstić information content (AvgIpc) is 2.87. The van der Waals surface area contributed by atoms with Gasteiger partial charge in [-0.2, -0.15) is 0 Å². The predicted molar refractivity (Wildman–Crippen MR) is 83.0 cm³/mol. The van der Waals surface area contributed by atoms with E-state index < -0.39 is 0 Å². The number of rotatable bonds is 6. The van der Waals surface area contributed by atoms with E-state index in [0.29, 0.717) is 18.9 Å². The maximum absolute atomic E-state index is 12.9. The van der Waals surface area contributed by atoms with Gasteiger partial charge in [0.25, 0.3) is 0 Å². The van der Waals surface area contributed by atoms with E-state index in [9.17, 15) is 9.18 Å². The largest absolute Gasteiger partial charge is 0.492 e. The van der Waals surface area contributed by atoms with Crippen molar-refractivity contribution in [1.82, 2.24) is 5.32 Å². The Morgan fingerprint density at radius 3 is 2.95 bits per heavy atom. The van der Waals surface area contributed by atoms with Crippen LogP contribution in [0.4, 0.5) is 4.39 Å². The molecule has 0 unspecified atom stereocenters. The molecule has 0 radical (unpaired) electrons. The molecule has 2 aromatic rings. The second-order valence-corrected chi connectivity index (χ2v) is 5.70. The molecule has 1 N–H and O–H groups in total. The topological polar surface area (TPSA) is 38.3 Å². The number of ether oxygens (including phenoxy) is 1. The monoisotopic (exact) mass is 305 g/mol. The molecule has 0 aliphatic rings. The normalized spacial score (nSPS) is 10.8. The van der Waals surface area contributed by atoms with E-state index in [-0.39, 0.29) is 11.7 Å². The van der Waals surface area contributed by atoms with Crippen molar-refractivity contribution in [2.75, 3.05) is 13.2 Å². The van der Waals surface area contributed by atoms with Crippen LogP contribution in [0.25, 0.3) is 6.08 Å². The van der Waals surface area contributed by atoms with Gasteiger partial charge in [-0.05, 0) is 37.3 Å². The molecule has 21 heavy (non-hydrogen) atoms. The molecule has 3 nitrogen and oxygen atoms in total. The van der Waals surface area contributed by atoms with Gasteiger partial charge in [0.1, 0.15) is 18.2 Å². The molecule has 1 aromatic carbocycles. The van der Waals surface area contributed by atoms with Gasteiger partial charge in [-0.3, -0.25) is 4.79 Å². The summed E-state index contributed by atoms with van der Waals surface area (Å²) < 4.78 is 18.2. The second kappa shape index (κ2) is 7.59. The predicted octanol–water partition coefficient (Wildman–Crippen LogP) is 3.40. The van der Waals surface area contributed by atoms with Gasteiger partial charge in [0, 0.05) is 21.9 Å². The lowest BCUT2D eigenvalue weighted by Gasteiger charge is -2.06. The summed E-state index contributed by atoms with van der Waals surface area (Å²) in [4.78, 5) is 13.8. The van der Waals surface area contributed by atoms with E-state index in [1.807, 2.05) is 19.1 Å². The Labute approximate surface area is 127 Å². The van der Waals surface area contributed by atoms with Crippen molar-refractivity contribution in [3.8, 4) is 5.75 Å². The fourth-order valence-corrected chi connectivity index (χ4v) is 2.44. The van der Waals surface area contributed by atoms with Gasteiger partial charge in [0.15, 0.2) is 0 Å². The molecular formula is C16H16FNO2S. The van der Waals surface area contributed by atoms with Crippen LogP contribution in [0.2, 0.25) is 0 Å². The van der Waals surface area contributed by atoms with Gasteiger partial charge in [0.05, 0.1) is 6.54 Å². The molecule has 0 atom stereocenters. The summed E-state index contributed by atoms with van der Waals surface area (Å²) in [6, 6.07) is 9.89. The van der Waals surface area contributed by atoms with Gasteiger partial charge >= 0.3 is 0 Å². The van der Waals surface area contributed by atoms with E-state index in [1.165, 1.54) is 23.1 Å². The highest BCUT2D eigenvalue weighted by atomic mass is 32.1. The molecule has 1 aromatic heterocycles. The molecule has 1 amide bonds. The molecular weight excluding hydrogens is 289 g/mol. The maximum Gasteiger partial charge on any atom is 0.244 e. The second-order valence-electron chi connectivity index (χ2n) is 4.38. The lowest BCUT2D eigenvalue weighted by Crippen LogP contribution is -2.26. The van der Waals surface area contributed by atoms with Crippen LogP contribution in [-0.4, -0.2) is 19.1 Å². The van der Waals surface area contributed by atoms with Gasteiger partial charge in [-0.25, -0.2) is 4.39 Å². The van der Waals surface area contributed by atoms with Crippen molar-refractivity contribution >= 4 is 23.3 Å². The minimum Gasteiger partial charge on any atom is -0.492 e. The van der Waals surface area contributed by atoms with Gasteiger partial charge in [0.2, 0.25) is 5.91 Å². The Kier molecular flexibility index (Phi) is 5.51. The first-order chi connectivity index (χ1) is 10.1. The Hall–Kier alpha value is -2.14. The number of nitrogens with one attached hydrogen (secondary N) is 1. The van der Waals surface area contributed by atoms with Crippen molar-refractivity contribution in [3.63, 3.8) is 0 Å². The Balaban J connectivity index is 1.68. The third-order valence-electron chi connectivity index (χ3n) is 2.63. The molecule has 1 heterocycles. The summed E-state index contributed by atoms with van der Waals surface area (Å²) in [5.41, 5.74) is 0. The third kappa shape index (κ3) is 5.39. The highest BCUT2D eigenvalue weighted by Gasteiger charge is 1.98. The first-order valence-corrected chi connectivity index (χ1v) is 7.36. The van der Waals surface area contributed by atoms with Crippen LogP contribution in [0.3, 0.4) is 0 Å². The van der Waals surface area contributed by atoms with E-state index in [4.69, 9.17) is 4.74 Å². The summed E-state index contributed by atoms with van der Waals surface area (Å²) in [5, 5.41) is 2.70. The zero-order chi connectivity index (χ0) is 15.1. The summed E-state index contributed by atoms with van der Waals surface area (Å²) in [7, 11) is 0. The van der Waals surface area contributed by atoms with Crippen LogP contribution in [0.15, 0.2) is 42.5 Å². The van der Waals surface area contributed by atoms with Gasteiger partial charge < -0.3 is 10.1 Å². The zero-order valence-corrected chi connectivity index (χ0v) is 12.5. The smallest absolute Gasteiger partial charge is 0.244 e. The van der Waals surface area contributed by atoms with Crippen LogP contribution < -0.4 is 10.1 Å². The molecule has 110 valence electrons.